The van der Waals surface area contributed by atoms with Crippen LogP contribution in [0.1, 0.15) is 15.9 Å². The molecule has 0 aliphatic carbocycles. The third-order valence-corrected chi connectivity index (χ3v) is 3.01. The minimum Gasteiger partial charge on any atom is -0.399 e. The summed E-state index contributed by atoms with van der Waals surface area (Å²) >= 11 is 5.88. The first-order valence-electron chi connectivity index (χ1n) is 5.74. The summed E-state index contributed by atoms with van der Waals surface area (Å²) in [5.41, 5.74) is 6.19. The largest absolute Gasteiger partial charge is 0.399 e. The van der Waals surface area contributed by atoms with Crippen LogP contribution in [0.3, 0.4) is 0 Å². The maximum Gasteiger partial charge on any atom is 0.253 e. The van der Waals surface area contributed by atoms with Crippen molar-refractivity contribution in [2.24, 2.45) is 0 Å². The van der Waals surface area contributed by atoms with Crippen LogP contribution in [0.5, 0.6) is 0 Å². The van der Waals surface area contributed by atoms with E-state index >= 15 is 0 Å². The summed E-state index contributed by atoms with van der Waals surface area (Å²) in [6.07, 6.45) is 0. The molecule has 2 rings (SSSR count). The highest BCUT2D eigenvalue weighted by molar-refractivity contribution is 6.34. The first kappa shape index (κ1) is 14.3. The number of hydrogen-bond acceptors (Lipinski definition) is 2. The van der Waals surface area contributed by atoms with Gasteiger partial charge in [0.05, 0.1) is 10.6 Å². The minimum absolute atomic E-state index is 0.0541. The molecule has 0 radical (unpaired) electrons. The van der Waals surface area contributed by atoms with Crippen LogP contribution in [0.2, 0.25) is 5.02 Å². The fraction of sp³-hybridized carbons (Fsp3) is 0.0714. The molecule has 0 bridgehead atoms. The second-order valence-corrected chi connectivity index (χ2v) is 4.56. The van der Waals surface area contributed by atoms with Crippen molar-refractivity contribution in [2.75, 3.05) is 5.73 Å². The molecule has 104 valence electrons. The second kappa shape index (κ2) is 5.88. The first-order valence-corrected chi connectivity index (χ1v) is 6.12. The topological polar surface area (TPSA) is 55.1 Å². The Morgan fingerprint density at radius 3 is 2.70 bits per heavy atom. The van der Waals surface area contributed by atoms with Gasteiger partial charge in [-0.3, -0.25) is 4.79 Å². The summed E-state index contributed by atoms with van der Waals surface area (Å²) in [5, 5.41) is 2.70. The van der Waals surface area contributed by atoms with Crippen LogP contribution in [-0.4, -0.2) is 5.91 Å². The molecule has 20 heavy (non-hydrogen) atoms. The van der Waals surface area contributed by atoms with Gasteiger partial charge < -0.3 is 11.1 Å². The molecular formula is C14H11ClF2N2O. The monoisotopic (exact) mass is 296 g/mol. The summed E-state index contributed by atoms with van der Waals surface area (Å²) in [4.78, 5) is 11.9. The zero-order valence-electron chi connectivity index (χ0n) is 10.3. The molecule has 0 aliphatic rings. The van der Waals surface area contributed by atoms with E-state index in [0.29, 0.717) is 5.69 Å². The molecule has 0 saturated carbocycles. The van der Waals surface area contributed by atoms with Gasteiger partial charge in [0.25, 0.3) is 5.91 Å². The molecule has 0 aliphatic heterocycles. The van der Waals surface area contributed by atoms with Crippen LogP contribution < -0.4 is 11.1 Å². The van der Waals surface area contributed by atoms with Crippen LogP contribution in [0.15, 0.2) is 36.4 Å². The SMILES string of the molecule is Nc1ccc(Cl)c(C(=O)NCc2cc(F)ccc2F)c1. The van der Waals surface area contributed by atoms with E-state index in [1.54, 1.807) is 6.07 Å². The summed E-state index contributed by atoms with van der Waals surface area (Å²) in [5.74, 6) is -1.67. The van der Waals surface area contributed by atoms with Crippen molar-refractivity contribution < 1.29 is 13.6 Å². The van der Waals surface area contributed by atoms with Crippen LogP contribution in [0, 0.1) is 11.6 Å². The van der Waals surface area contributed by atoms with Gasteiger partial charge in [0.2, 0.25) is 0 Å². The van der Waals surface area contributed by atoms with E-state index in [2.05, 4.69) is 5.32 Å². The lowest BCUT2D eigenvalue weighted by molar-refractivity contribution is 0.0950. The van der Waals surface area contributed by atoms with Gasteiger partial charge >= 0.3 is 0 Å². The lowest BCUT2D eigenvalue weighted by atomic mass is 10.1. The van der Waals surface area contributed by atoms with E-state index in [9.17, 15) is 13.6 Å². The predicted molar refractivity (Wildman–Crippen MR) is 73.4 cm³/mol. The molecule has 6 heteroatoms. The van der Waals surface area contributed by atoms with E-state index in [1.165, 1.54) is 12.1 Å². The Morgan fingerprint density at radius 2 is 1.95 bits per heavy atom. The van der Waals surface area contributed by atoms with Crippen LogP contribution in [0.25, 0.3) is 0 Å². The summed E-state index contributed by atoms with van der Waals surface area (Å²) in [7, 11) is 0. The highest BCUT2D eigenvalue weighted by Crippen LogP contribution is 2.19. The molecule has 0 heterocycles. The lowest BCUT2D eigenvalue weighted by Gasteiger charge is -2.08. The van der Waals surface area contributed by atoms with Crippen LogP contribution in [-0.2, 0) is 6.54 Å². The molecule has 0 spiro atoms. The number of nitrogens with two attached hydrogens (primary N) is 1. The predicted octanol–water partition coefficient (Wildman–Crippen LogP) is 3.13. The molecule has 2 aromatic rings. The third-order valence-electron chi connectivity index (χ3n) is 2.68. The Morgan fingerprint density at radius 1 is 1.20 bits per heavy atom. The Kier molecular flexibility index (Phi) is 4.20. The van der Waals surface area contributed by atoms with E-state index in [0.717, 1.165) is 18.2 Å². The van der Waals surface area contributed by atoms with E-state index < -0.39 is 17.5 Å². The average molecular weight is 297 g/mol. The number of halogens is 3. The van der Waals surface area contributed by atoms with E-state index in [1.807, 2.05) is 0 Å². The second-order valence-electron chi connectivity index (χ2n) is 4.16. The van der Waals surface area contributed by atoms with Crippen molar-refractivity contribution in [3.8, 4) is 0 Å². The Hall–Kier alpha value is -2.14. The van der Waals surface area contributed by atoms with Crippen molar-refractivity contribution in [1.29, 1.82) is 0 Å². The number of hydrogen-bond donors (Lipinski definition) is 2. The third kappa shape index (κ3) is 3.24. The van der Waals surface area contributed by atoms with Gasteiger partial charge in [-0.15, -0.1) is 0 Å². The van der Waals surface area contributed by atoms with Gasteiger partial charge in [0.1, 0.15) is 11.6 Å². The minimum atomic E-state index is -0.592. The van der Waals surface area contributed by atoms with E-state index in [-0.39, 0.29) is 22.7 Å². The normalized spacial score (nSPS) is 10.3. The fourth-order valence-electron chi connectivity index (χ4n) is 1.67. The molecule has 3 N–H and O–H groups in total. The highest BCUT2D eigenvalue weighted by Gasteiger charge is 2.12. The zero-order valence-corrected chi connectivity index (χ0v) is 11.0. The first-order chi connectivity index (χ1) is 9.47. The van der Waals surface area contributed by atoms with Gasteiger partial charge in [-0.1, -0.05) is 11.6 Å². The number of nitrogens with one attached hydrogen (secondary N) is 1. The number of carbonyl (C=O) groups is 1. The molecule has 3 nitrogen and oxygen atoms in total. The van der Waals surface area contributed by atoms with Crippen LogP contribution >= 0.6 is 11.6 Å². The quantitative estimate of drug-likeness (QED) is 0.855. The number of anilines is 1. The molecule has 2 aromatic carbocycles. The summed E-state index contributed by atoms with van der Waals surface area (Å²) < 4.78 is 26.4. The standard InChI is InChI=1S/C14H11ClF2N2O/c15-12-3-2-10(18)6-11(12)14(20)19-7-8-5-9(16)1-4-13(8)17/h1-6H,7,18H2,(H,19,20). The molecular weight excluding hydrogens is 286 g/mol. The smallest absolute Gasteiger partial charge is 0.253 e. The maximum atomic E-state index is 13.4. The molecule has 1 amide bonds. The lowest BCUT2D eigenvalue weighted by Crippen LogP contribution is -2.23. The summed E-state index contributed by atoms with van der Waals surface area (Å²) in [6, 6.07) is 7.51. The fourth-order valence-corrected chi connectivity index (χ4v) is 1.87. The zero-order chi connectivity index (χ0) is 14.7. The van der Waals surface area contributed by atoms with Gasteiger partial charge in [0, 0.05) is 17.8 Å². The Bertz CT molecular complexity index is 662. The Labute approximate surface area is 119 Å². The van der Waals surface area contributed by atoms with Gasteiger partial charge in [-0.25, -0.2) is 8.78 Å². The van der Waals surface area contributed by atoms with Crippen molar-refractivity contribution in [1.82, 2.24) is 5.32 Å². The average Bonchev–Trinajstić information content (AvgIpc) is 2.42. The van der Waals surface area contributed by atoms with Crippen molar-refractivity contribution >= 4 is 23.2 Å². The molecule has 0 atom stereocenters. The maximum absolute atomic E-state index is 13.4. The van der Waals surface area contributed by atoms with Crippen molar-refractivity contribution in [3.63, 3.8) is 0 Å². The highest BCUT2D eigenvalue weighted by atomic mass is 35.5. The van der Waals surface area contributed by atoms with Crippen molar-refractivity contribution in [2.45, 2.75) is 6.54 Å². The number of carbonyl (C=O) groups excluding carboxylic acids is 1. The Balaban J connectivity index is 2.12. The van der Waals surface area contributed by atoms with Crippen molar-refractivity contribution in [3.05, 3.63) is 64.2 Å². The number of benzene rings is 2. The number of amides is 1. The van der Waals surface area contributed by atoms with Gasteiger partial charge in [-0.05, 0) is 36.4 Å². The van der Waals surface area contributed by atoms with E-state index in [4.69, 9.17) is 17.3 Å². The number of nitrogen functional groups attached to an aromatic ring is 1. The molecule has 0 saturated heterocycles. The van der Waals surface area contributed by atoms with Crippen LogP contribution in [0.4, 0.5) is 14.5 Å². The van der Waals surface area contributed by atoms with Gasteiger partial charge in [-0.2, -0.15) is 0 Å². The van der Waals surface area contributed by atoms with Gasteiger partial charge in [0.15, 0.2) is 0 Å². The molecule has 0 unspecified atom stereocenters. The summed E-state index contributed by atoms with van der Waals surface area (Å²) in [6.45, 7) is -0.145. The molecule has 0 fully saturated rings. The molecule has 0 aromatic heterocycles. The number of rotatable bonds is 3.